The molecule has 3 nitrogen and oxygen atoms in total. The number of rotatable bonds is 1. The van der Waals surface area contributed by atoms with E-state index in [0.717, 1.165) is 6.29 Å². The largest absolute Gasteiger partial charge is 0.383 e. The Morgan fingerprint density at radius 3 is 2.58 bits per heavy atom. The molecule has 0 aromatic carbocycles. The molecule has 1 aromatic rings. The average molecular weight is 231 g/mol. The van der Waals surface area contributed by atoms with Crippen LogP contribution < -0.4 is 5.73 Å². The number of halogens is 1. The second kappa shape index (κ2) is 5.71. The standard InChI is InChI=1S/C6H5BrN2O.C2H6/c7-5-1-4(3-10)2-9-6(5)8;1-2/h1-3H,(H2,8,9);1-2H3. The third kappa shape index (κ3) is 3.00. The molecule has 0 saturated carbocycles. The lowest BCUT2D eigenvalue weighted by Gasteiger charge is -1.95. The number of hydrogen-bond acceptors (Lipinski definition) is 3. The number of carbonyl (C=O) groups is 1. The van der Waals surface area contributed by atoms with Crippen molar-refractivity contribution in [1.82, 2.24) is 4.98 Å². The zero-order chi connectivity index (χ0) is 9.56. The molecular weight excluding hydrogens is 220 g/mol. The van der Waals surface area contributed by atoms with E-state index < -0.39 is 0 Å². The maximum atomic E-state index is 10.2. The van der Waals surface area contributed by atoms with Crippen LogP contribution in [0.4, 0.5) is 5.82 Å². The summed E-state index contributed by atoms with van der Waals surface area (Å²) in [6.45, 7) is 4.00. The van der Waals surface area contributed by atoms with Crippen molar-refractivity contribution in [2.24, 2.45) is 0 Å². The molecule has 0 unspecified atom stereocenters. The number of anilines is 1. The molecule has 0 bridgehead atoms. The minimum atomic E-state index is 0.394. The van der Waals surface area contributed by atoms with Gasteiger partial charge in [0.15, 0.2) is 6.29 Å². The Morgan fingerprint density at radius 2 is 2.17 bits per heavy atom. The number of hydrogen-bond donors (Lipinski definition) is 1. The molecule has 1 rings (SSSR count). The smallest absolute Gasteiger partial charge is 0.151 e. The van der Waals surface area contributed by atoms with Gasteiger partial charge in [0.1, 0.15) is 5.82 Å². The Morgan fingerprint density at radius 1 is 1.58 bits per heavy atom. The fourth-order valence-corrected chi connectivity index (χ4v) is 0.894. The number of nitrogens with zero attached hydrogens (tertiary/aromatic N) is 1. The van der Waals surface area contributed by atoms with Gasteiger partial charge in [-0.05, 0) is 22.0 Å². The summed E-state index contributed by atoms with van der Waals surface area (Å²) in [7, 11) is 0. The molecule has 4 heteroatoms. The topological polar surface area (TPSA) is 56.0 Å². The Labute approximate surface area is 80.1 Å². The van der Waals surface area contributed by atoms with Gasteiger partial charge in [0, 0.05) is 11.8 Å². The number of aromatic nitrogens is 1. The normalized spacial score (nSPS) is 8.25. The van der Waals surface area contributed by atoms with Crippen LogP contribution in [0.5, 0.6) is 0 Å². The van der Waals surface area contributed by atoms with Gasteiger partial charge in [-0.25, -0.2) is 4.98 Å². The van der Waals surface area contributed by atoms with Crippen LogP contribution in [0, 0.1) is 0 Å². The Balaban J connectivity index is 0.000000561. The highest BCUT2D eigenvalue weighted by Gasteiger charge is 1.96. The molecule has 0 spiro atoms. The Bertz CT molecular complexity index is 263. The monoisotopic (exact) mass is 230 g/mol. The van der Waals surface area contributed by atoms with E-state index in [4.69, 9.17) is 5.73 Å². The van der Waals surface area contributed by atoms with Crippen LogP contribution in [-0.2, 0) is 0 Å². The maximum absolute atomic E-state index is 10.2. The van der Waals surface area contributed by atoms with Crippen molar-refractivity contribution < 1.29 is 4.79 Å². The van der Waals surface area contributed by atoms with Crippen LogP contribution in [-0.4, -0.2) is 11.3 Å². The van der Waals surface area contributed by atoms with Gasteiger partial charge in [-0.15, -0.1) is 0 Å². The molecule has 0 aliphatic heterocycles. The molecule has 0 fully saturated rings. The molecule has 66 valence electrons. The molecule has 0 amide bonds. The van der Waals surface area contributed by atoms with E-state index >= 15 is 0 Å². The molecule has 1 heterocycles. The van der Waals surface area contributed by atoms with E-state index in [1.165, 1.54) is 6.20 Å². The summed E-state index contributed by atoms with van der Waals surface area (Å²) in [5.74, 6) is 0.394. The predicted molar refractivity (Wildman–Crippen MR) is 53.1 cm³/mol. The molecule has 1 aromatic heterocycles. The molecule has 0 aliphatic carbocycles. The number of nitrogens with two attached hydrogens (primary N) is 1. The lowest BCUT2D eigenvalue weighted by Crippen LogP contribution is -1.92. The van der Waals surface area contributed by atoms with Gasteiger partial charge < -0.3 is 5.73 Å². The first-order valence-electron chi connectivity index (χ1n) is 3.60. The van der Waals surface area contributed by atoms with Crippen molar-refractivity contribution in [2.75, 3.05) is 5.73 Å². The molecular formula is C8H11BrN2O. The summed E-state index contributed by atoms with van der Waals surface area (Å²) in [4.78, 5) is 13.9. The summed E-state index contributed by atoms with van der Waals surface area (Å²) in [5.41, 5.74) is 5.88. The van der Waals surface area contributed by atoms with Crippen molar-refractivity contribution in [3.05, 3.63) is 22.3 Å². The van der Waals surface area contributed by atoms with Gasteiger partial charge in [-0.1, -0.05) is 13.8 Å². The molecule has 0 radical (unpaired) electrons. The third-order valence-corrected chi connectivity index (χ3v) is 1.66. The molecule has 0 saturated heterocycles. The zero-order valence-corrected chi connectivity index (χ0v) is 8.63. The van der Waals surface area contributed by atoms with Crippen LogP contribution in [0.3, 0.4) is 0 Å². The summed E-state index contributed by atoms with van der Waals surface area (Å²) in [6, 6.07) is 1.62. The summed E-state index contributed by atoms with van der Waals surface area (Å²) < 4.78 is 0.650. The van der Waals surface area contributed by atoms with Crippen LogP contribution in [0.1, 0.15) is 24.2 Å². The zero-order valence-electron chi connectivity index (χ0n) is 7.04. The summed E-state index contributed by atoms with van der Waals surface area (Å²) in [5, 5.41) is 0. The van der Waals surface area contributed by atoms with Crippen molar-refractivity contribution in [3.63, 3.8) is 0 Å². The summed E-state index contributed by atoms with van der Waals surface area (Å²) >= 11 is 3.14. The lowest BCUT2D eigenvalue weighted by molar-refractivity contribution is 0.112. The van der Waals surface area contributed by atoms with Gasteiger partial charge in [0.2, 0.25) is 0 Å². The highest BCUT2D eigenvalue weighted by molar-refractivity contribution is 9.10. The van der Waals surface area contributed by atoms with E-state index in [0.29, 0.717) is 15.9 Å². The third-order valence-electron chi connectivity index (χ3n) is 1.03. The quantitative estimate of drug-likeness (QED) is 0.754. The number of carbonyl (C=O) groups excluding carboxylic acids is 1. The Hall–Kier alpha value is -0.900. The fourth-order valence-electron chi connectivity index (χ4n) is 0.528. The fraction of sp³-hybridized carbons (Fsp3) is 0.250. The second-order valence-corrected chi connectivity index (χ2v) is 2.61. The van der Waals surface area contributed by atoms with E-state index in [1.807, 2.05) is 13.8 Å². The van der Waals surface area contributed by atoms with E-state index in [2.05, 4.69) is 20.9 Å². The van der Waals surface area contributed by atoms with Crippen LogP contribution in [0.2, 0.25) is 0 Å². The second-order valence-electron chi connectivity index (χ2n) is 1.75. The number of pyridine rings is 1. The van der Waals surface area contributed by atoms with Crippen LogP contribution >= 0.6 is 15.9 Å². The maximum Gasteiger partial charge on any atom is 0.151 e. The van der Waals surface area contributed by atoms with Gasteiger partial charge >= 0.3 is 0 Å². The van der Waals surface area contributed by atoms with Crippen LogP contribution in [0.25, 0.3) is 0 Å². The van der Waals surface area contributed by atoms with Gasteiger partial charge in [0.25, 0.3) is 0 Å². The highest BCUT2D eigenvalue weighted by atomic mass is 79.9. The Kier molecular flexibility index (Phi) is 5.28. The number of aldehydes is 1. The summed E-state index contributed by atoms with van der Waals surface area (Å²) in [6.07, 6.45) is 2.14. The van der Waals surface area contributed by atoms with E-state index in [1.54, 1.807) is 6.07 Å². The van der Waals surface area contributed by atoms with Crippen LogP contribution in [0.15, 0.2) is 16.7 Å². The molecule has 2 N–H and O–H groups in total. The minimum Gasteiger partial charge on any atom is -0.383 e. The first kappa shape index (κ1) is 11.1. The average Bonchev–Trinajstić information content (AvgIpc) is 2.13. The minimum absolute atomic E-state index is 0.394. The molecule has 0 aliphatic rings. The van der Waals surface area contributed by atoms with Gasteiger partial charge in [-0.2, -0.15) is 0 Å². The van der Waals surface area contributed by atoms with E-state index in [-0.39, 0.29) is 0 Å². The molecule has 0 atom stereocenters. The lowest BCUT2D eigenvalue weighted by atomic mass is 10.3. The predicted octanol–water partition coefficient (Wildman–Crippen LogP) is 2.27. The van der Waals surface area contributed by atoms with Crippen molar-refractivity contribution in [2.45, 2.75) is 13.8 Å². The molecule has 12 heavy (non-hydrogen) atoms. The van der Waals surface area contributed by atoms with Gasteiger partial charge in [0.05, 0.1) is 4.47 Å². The van der Waals surface area contributed by atoms with Crippen molar-refractivity contribution in [1.29, 1.82) is 0 Å². The SMILES string of the molecule is CC.Nc1ncc(C=O)cc1Br. The highest BCUT2D eigenvalue weighted by Crippen LogP contribution is 2.16. The first-order chi connectivity index (χ1) is 5.74. The van der Waals surface area contributed by atoms with E-state index in [9.17, 15) is 4.79 Å². The van der Waals surface area contributed by atoms with Crippen molar-refractivity contribution >= 4 is 28.0 Å². The van der Waals surface area contributed by atoms with Gasteiger partial charge in [-0.3, -0.25) is 4.79 Å². The van der Waals surface area contributed by atoms with Crippen molar-refractivity contribution in [3.8, 4) is 0 Å². The first-order valence-corrected chi connectivity index (χ1v) is 4.39. The number of nitrogen functional groups attached to an aromatic ring is 1.